The van der Waals surface area contributed by atoms with E-state index in [-0.39, 0.29) is 0 Å². The minimum absolute atomic E-state index is 0.613. The van der Waals surface area contributed by atoms with Crippen molar-refractivity contribution in [2.75, 3.05) is 0 Å². The van der Waals surface area contributed by atoms with E-state index in [1.54, 1.807) is 6.33 Å². The number of furan rings is 1. The lowest BCUT2D eigenvalue weighted by molar-refractivity contribution is 0.642. The summed E-state index contributed by atoms with van der Waals surface area (Å²) in [5, 5.41) is 1.11. The maximum atomic E-state index is 6.36. The zero-order valence-corrected chi connectivity index (χ0v) is 13.4. The first-order valence-corrected chi connectivity index (χ1v) is 8.63. The van der Waals surface area contributed by atoms with Crippen LogP contribution in [0.4, 0.5) is 0 Å². The van der Waals surface area contributed by atoms with E-state index in [1.807, 2.05) is 18.2 Å². The molecule has 0 N–H and O–H groups in total. The molecule has 2 heterocycles. The molecule has 4 aromatic rings. The van der Waals surface area contributed by atoms with E-state index in [0.717, 1.165) is 33.3 Å². The van der Waals surface area contributed by atoms with Crippen molar-refractivity contribution in [1.29, 1.82) is 0 Å². The summed E-state index contributed by atoms with van der Waals surface area (Å²) in [5.41, 5.74) is 5.97. The fraction of sp³-hybridized carbons (Fsp3) is 0.238. The lowest BCUT2D eigenvalue weighted by Gasteiger charge is -2.09. The van der Waals surface area contributed by atoms with E-state index < -0.39 is 0 Å². The molecular formula is C21H18N2O. The summed E-state index contributed by atoms with van der Waals surface area (Å²) in [6, 6.07) is 16.6. The summed E-state index contributed by atoms with van der Waals surface area (Å²) in [4.78, 5) is 9.01. The fourth-order valence-electron chi connectivity index (χ4n) is 3.98. The number of hydrogen-bond acceptors (Lipinski definition) is 3. The molecule has 1 aliphatic carbocycles. The molecule has 2 aromatic heterocycles. The van der Waals surface area contributed by atoms with Crippen LogP contribution in [0, 0.1) is 0 Å². The molecule has 1 aliphatic rings. The number of para-hydroxylation sites is 1. The maximum Gasteiger partial charge on any atom is 0.180 e. The van der Waals surface area contributed by atoms with E-state index in [2.05, 4.69) is 40.3 Å². The molecule has 118 valence electrons. The summed E-state index contributed by atoms with van der Waals surface area (Å²) < 4.78 is 6.36. The molecule has 2 aromatic carbocycles. The Morgan fingerprint density at radius 2 is 1.67 bits per heavy atom. The van der Waals surface area contributed by atoms with Crippen molar-refractivity contribution in [3.63, 3.8) is 0 Å². The van der Waals surface area contributed by atoms with E-state index >= 15 is 0 Å². The molecule has 5 rings (SSSR count). The lowest BCUT2D eigenvalue weighted by atomic mass is 9.96. The molecule has 1 fully saturated rings. The molecule has 1 saturated carbocycles. The molecule has 0 amide bonds. The van der Waals surface area contributed by atoms with Crippen LogP contribution in [-0.2, 0) is 0 Å². The third-order valence-electron chi connectivity index (χ3n) is 5.15. The van der Waals surface area contributed by atoms with Gasteiger partial charge in [-0.15, -0.1) is 0 Å². The van der Waals surface area contributed by atoms with Gasteiger partial charge in [-0.1, -0.05) is 55.3 Å². The van der Waals surface area contributed by atoms with Gasteiger partial charge in [-0.2, -0.15) is 0 Å². The molecule has 0 aliphatic heterocycles. The van der Waals surface area contributed by atoms with Crippen molar-refractivity contribution in [2.24, 2.45) is 0 Å². The van der Waals surface area contributed by atoms with Crippen LogP contribution in [-0.4, -0.2) is 9.97 Å². The van der Waals surface area contributed by atoms with E-state index in [9.17, 15) is 0 Å². The summed E-state index contributed by atoms with van der Waals surface area (Å²) >= 11 is 0. The SMILES string of the molecule is c1ccc(-c2ncnc3c2oc2c(C4CCCC4)cccc23)cc1. The van der Waals surface area contributed by atoms with Gasteiger partial charge in [-0.25, -0.2) is 9.97 Å². The van der Waals surface area contributed by atoms with Crippen molar-refractivity contribution in [2.45, 2.75) is 31.6 Å². The quantitative estimate of drug-likeness (QED) is 0.476. The van der Waals surface area contributed by atoms with Gasteiger partial charge < -0.3 is 4.42 Å². The third-order valence-corrected chi connectivity index (χ3v) is 5.15. The Hall–Kier alpha value is -2.68. The van der Waals surface area contributed by atoms with Crippen molar-refractivity contribution in [1.82, 2.24) is 9.97 Å². The monoisotopic (exact) mass is 314 g/mol. The molecule has 0 spiro atoms. The molecule has 0 bridgehead atoms. The minimum Gasteiger partial charge on any atom is -0.452 e. The Bertz CT molecular complexity index is 1010. The van der Waals surface area contributed by atoms with Gasteiger partial charge in [0.25, 0.3) is 0 Å². The highest BCUT2D eigenvalue weighted by atomic mass is 16.3. The highest BCUT2D eigenvalue weighted by molar-refractivity contribution is 6.07. The van der Waals surface area contributed by atoms with Gasteiger partial charge in [0.1, 0.15) is 23.1 Å². The van der Waals surface area contributed by atoms with Crippen LogP contribution in [0.5, 0.6) is 0 Å². The highest BCUT2D eigenvalue weighted by Gasteiger charge is 2.23. The van der Waals surface area contributed by atoms with Crippen LogP contribution in [0.3, 0.4) is 0 Å². The number of fused-ring (bicyclic) bond motifs is 3. The van der Waals surface area contributed by atoms with Crippen molar-refractivity contribution < 1.29 is 4.42 Å². The summed E-state index contributed by atoms with van der Waals surface area (Å²) in [7, 11) is 0. The average Bonchev–Trinajstić information content (AvgIpc) is 3.29. The average molecular weight is 314 g/mol. The first-order chi connectivity index (χ1) is 11.9. The molecule has 3 heteroatoms. The van der Waals surface area contributed by atoms with Crippen LogP contribution < -0.4 is 0 Å². The second-order valence-electron chi connectivity index (χ2n) is 6.57. The van der Waals surface area contributed by atoms with E-state index in [4.69, 9.17) is 4.42 Å². The van der Waals surface area contributed by atoms with Crippen LogP contribution in [0.15, 0.2) is 59.3 Å². The third kappa shape index (κ3) is 2.04. The number of benzene rings is 2. The van der Waals surface area contributed by atoms with Gasteiger partial charge >= 0.3 is 0 Å². The molecule has 0 radical (unpaired) electrons. The van der Waals surface area contributed by atoms with Crippen molar-refractivity contribution >= 4 is 22.1 Å². The van der Waals surface area contributed by atoms with Crippen LogP contribution in [0.1, 0.15) is 37.2 Å². The van der Waals surface area contributed by atoms with Gasteiger partial charge in [0.15, 0.2) is 5.58 Å². The Kier molecular flexibility index (Phi) is 3.12. The first kappa shape index (κ1) is 13.7. The topological polar surface area (TPSA) is 38.9 Å². The van der Waals surface area contributed by atoms with Crippen LogP contribution in [0.25, 0.3) is 33.3 Å². The smallest absolute Gasteiger partial charge is 0.180 e. The van der Waals surface area contributed by atoms with E-state index in [0.29, 0.717) is 5.92 Å². The minimum atomic E-state index is 0.613. The largest absolute Gasteiger partial charge is 0.452 e. The number of aromatic nitrogens is 2. The molecule has 0 saturated heterocycles. The highest BCUT2D eigenvalue weighted by Crippen LogP contribution is 2.41. The predicted octanol–water partition coefficient (Wildman–Crippen LogP) is 5.70. The van der Waals surface area contributed by atoms with Gasteiger partial charge in [-0.3, -0.25) is 0 Å². The summed E-state index contributed by atoms with van der Waals surface area (Å²) in [6.45, 7) is 0. The molecule has 3 nitrogen and oxygen atoms in total. The summed E-state index contributed by atoms with van der Waals surface area (Å²) in [5.74, 6) is 0.613. The van der Waals surface area contributed by atoms with Gasteiger partial charge in [0.2, 0.25) is 0 Å². The molecule has 0 atom stereocenters. The second-order valence-corrected chi connectivity index (χ2v) is 6.57. The van der Waals surface area contributed by atoms with Crippen LogP contribution in [0.2, 0.25) is 0 Å². The second kappa shape index (κ2) is 5.45. The van der Waals surface area contributed by atoms with Crippen molar-refractivity contribution in [3.8, 4) is 11.3 Å². The first-order valence-electron chi connectivity index (χ1n) is 8.63. The van der Waals surface area contributed by atoms with Gasteiger partial charge in [0.05, 0.1) is 0 Å². The van der Waals surface area contributed by atoms with E-state index in [1.165, 1.54) is 31.2 Å². The summed E-state index contributed by atoms with van der Waals surface area (Å²) in [6.07, 6.45) is 6.79. The number of rotatable bonds is 2. The standard InChI is InChI=1S/C21H18N2O/c1-2-9-15(10-3-1)18-21-19(23-13-22-18)17-12-6-11-16(20(17)24-21)14-7-4-5-8-14/h1-3,6,9-14H,4-5,7-8H2. The zero-order chi connectivity index (χ0) is 15.9. The maximum absolute atomic E-state index is 6.36. The molecular weight excluding hydrogens is 296 g/mol. The molecule has 24 heavy (non-hydrogen) atoms. The number of nitrogens with zero attached hydrogens (tertiary/aromatic N) is 2. The molecule has 0 unspecified atom stereocenters. The lowest BCUT2D eigenvalue weighted by Crippen LogP contribution is -1.91. The zero-order valence-electron chi connectivity index (χ0n) is 13.4. The van der Waals surface area contributed by atoms with Gasteiger partial charge in [-0.05, 0) is 30.4 Å². The Morgan fingerprint density at radius 3 is 2.50 bits per heavy atom. The Morgan fingerprint density at radius 1 is 0.833 bits per heavy atom. The fourth-order valence-corrected chi connectivity index (χ4v) is 3.98. The predicted molar refractivity (Wildman–Crippen MR) is 96.0 cm³/mol. The Labute approximate surface area is 140 Å². The van der Waals surface area contributed by atoms with Crippen LogP contribution >= 0.6 is 0 Å². The normalized spacial score (nSPS) is 15.5. The van der Waals surface area contributed by atoms with Gasteiger partial charge in [0, 0.05) is 10.9 Å². The number of hydrogen-bond donors (Lipinski definition) is 0. The van der Waals surface area contributed by atoms with Crippen molar-refractivity contribution in [3.05, 3.63) is 60.4 Å². The Balaban J connectivity index is 1.80.